The second-order valence-corrected chi connectivity index (χ2v) is 6.94. The highest BCUT2D eigenvalue weighted by atomic mass is 15.3. The van der Waals surface area contributed by atoms with Crippen LogP contribution < -0.4 is 11.1 Å². The molecule has 1 saturated heterocycles. The molecular formula is C17H28N5+. The quantitative estimate of drug-likeness (QED) is 0.854. The van der Waals surface area contributed by atoms with Crippen LogP contribution in [0.3, 0.4) is 0 Å². The van der Waals surface area contributed by atoms with Crippen molar-refractivity contribution >= 4 is 17.0 Å². The van der Waals surface area contributed by atoms with E-state index < -0.39 is 0 Å². The molecule has 22 heavy (non-hydrogen) atoms. The Balaban J connectivity index is 1.71. The van der Waals surface area contributed by atoms with Gasteiger partial charge in [-0.05, 0) is 44.7 Å². The van der Waals surface area contributed by atoms with Crippen LogP contribution >= 0.6 is 0 Å². The number of hydrogen-bond acceptors (Lipinski definition) is 3. The van der Waals surface area contributed by atoms with Crippen molar-refractivity contribution in [2.24, 2.45) is 0 Å². The Morgan fingerprint density at radius 2 is 1.95 bits per heavy atom. The Kier molecular flexibility index (Phi) is 4.00. The molecule has 5 nitrogen and oxygen atoms in total. The summed E-state index contributed by atoms with van der Waals surface area (Å²) in [6.45, 7) is 8.81. The smallest absolute Gasteiger partial charge is 0.172 e. The molecule has 1 aliphatic heterocycles. The number of likely N-dealkylation sites (tertiary alicyclic amines) is 1. The normalized spacial score (nSPS) is 17.8. The summed E-state index contributed by atoms with van der Waals surface area (Å²) in [5.74, 6) is 0.817. The monoisotopic (exact) mass is 302 g/mol. The van der Waals surface area contributed by atoms with E-state index in [1.54, 1.807) is 0 Å². The van der Waals surface area contributed by atoms with E-state index in [0.717, 1.165) is 35.8 Å². The molecule has 0 amide bonds. The summed E-state index contributed by atoms with van der Waals surface area (Å²) in [6, 6.07) is 4.15. The molecule has 3 N–H and O–H groups in total. The zero-order valence-electron chi connectivity index (χ0n) is 14.0. The Bertz CT molecular complexity index is 667. The maximum Gasteiger partial charge on any atom is 0.172 e. The van der Waals surface area contributed by atoms with Crippen molar-refractivity contribution in [3.8, 4) is 0 Å². The molecule has 2 aromatic heterocycles. The molecule has 0 bridgehead atoms. The van der Waals surface area contributed by atoms with Gasteiger partial charge in [0.2, 0.25) is 0 Å². The Morgan fingerprint density at radius 3 is 2.68 bits per heavy atom. The predicted octanol–water partition coefficient (Wildman–Crippen LogP) is 2.58. The lowest BCUT2D eigenvalue weighted by molar-refractivity contribution is -0.912. The number of pyridine rings is 1. The summed E-state index contributed by atoms with van der Waals surface area (Å²) in [7, 11) is 2.36. The standard InChI is InChI=1S/C17H28N5/c1-13-7-8-15-16(18)17(20-21(15)14(13)2)19-9-12-22(3)10-5-4-6-11-22/h7-8H,4-6,9-12,18H2,1-3H3,(H,19,20)/q+1. The maximum atomic E-state index is 6.26. The van der Waals surface area contributed by atoms with Gasteiger partial charge in [0.1, 0.15) is 5.69 Å². The van der Waals surface area contributed by atoms with Crippen molar-refractivity contribution in [3.05, 3.63) is 23.4 Å². The SMILES string of the molecule is Cc1ccc2c(N)c(NCC[N+]3(C)CCCCC3)nn2c1C. The van der Waals surface area contributed by atoms with E-state index in [2.05, 4.69) is 37.4 Å². The summed E-state index contributed by atoms with van der Waals surface area (Å²) in [5, 5.41) is 8.10. The Labute approximate surface area is 132 Å². The first kappa shape index (κ1) is 15.2. The van der Waals surface area contributed by atoms with Crippen molar-refractivity contribution < 1.29 is 4.48 Å². The Hall–Kier alpha value is -1.75. The van der Waals surface area contributed by atoms with Crippen molar-refractivity contribution in [3.63, 3.8) is 0 Å². The Morgan fingerprint density at radius 1 is 1.23 bits per heavy atom. The number of aryl methyl sites for hydroxylation is 2. The lowest BCUT2D eigenvalue weighted by Crippen LogP contribution is -2.50. The maximum absolute atomic E-state index is 6.26. The lowest BCUT2D eigenvalue weighted by Gasteiger charge is -2.37. The van der Waals surface area contributed by atoms with E-state index in [1.807, 2.05) is 10.6 Å². The number of aromatic nitrogens is 2. The van der Waals surface area contributed by atoms with Crippen LogP contribution in [0.5, 0.6) is 0 Å². The van der Waals surface area contributed by atoms with Crippen LogP contribution in [0.4, 0.5) is 11.5 Å². The molecule has 0 atom stereocenters. The van der Waals surface area contributed by atoms with Gasteiger partial charge >= 0.3 is 0 Å². The molecule has 0 aliphatic carbocycles. The highest BCUT2D eigenvalue weighted by molar-refractivity contribution is 5.81. The second kappa shape index (κ2) is 5.80. The molecule has 0 spiro atoms. The zero-order valence-corrected chi connectivity index (χ0v) is 14.0. The van der Waals surface area contributed by atoms with E-state index in [-0.39, 0.29) is 0 Å². The van der Waals surface area contributed by atoms with Gasteiger partial charge in [-0.3, -0.25) is 0 Å². The van der Waals surface area contributed by atoms with Gasteiger partial charge in [0.05, 0.1) is 38.7 Å². The van der Waals surface area contributed by atoms with Gasteiger partial charge in [0.15, 0.2) is 5.82 Å². The third-order valence-corrected chi connectivity index (χ3v) is 5.18. The van der Waals surface area contributed by atoms with Crippen LogP contribution in [0, 0.1) is 13.8 Å². The number of nitrogens with two attached hydrogens (primary N) is 1. The number of nitrogens with zero attached hydrogens (tertiary/aromatic N) is 3. The molecule has 1 aliphatic rings. The molecule has 0 radical (unpaired) electrons. The number of rotatable bonds is 4. The first-order chi connectivity index (χ1) is 10.5. The number of anilines is 2. The van der Waals surface area contributed by atoms with Gasteiger partial charge in [0.25, 0.3) is 0 Å². The number of piperidine rings is 1. The fourth-order valence-corrected chi connectivity index (χ4v) is 3.42. The van der Waals surface area contributed by atoms with E-state index in [1.165, 1.54) is 42.4 Å². The molecule has 2 aromatic rings. The highest BCUT2D eigenvalue weighted by Crippen LogP contribution is 2.25. The molecule has 3 heterocycles. The first-order valence-corrected chi connectivity index (χ1v) is 8.32. The fraction of sp³-hybridized carbons (Fsp3) is 0.588. The molecule has 3 rings (SSSR count). The van der Waals surface area contributed by atoms with E-state index >= 15 is 0 Å². The van der Waals surface area contributed by atoms with Crippen molar-refractivity contribution in [1.29, 1.82) is 0 Å². The van der Waals surface area contributed by atoms with Gasteiger partial charge in [-0.15, -0.1) is 5.10 Å². The number of likely N-dealkylation sites (N-methyl/N-ethyl adjacent to an activating group) is 1. The molecule has 1 fully saturated rings. The minimum Gasteiger partial charge on any atom is -0.394 e. The van der Waals surface area contributed by atoms with Crippen LogP contribution in [-0.2, 0) is 0 Å². The lowest BCUT2D eigenvalue weighted by atomic mass is 10.1. The summed E-state index contributed by atoms with van der Waals surface area (Å²) in [5.41, 5.74) is 10.4. The van der Waals surface area contributed by atoms with Crippen LogP contribution in [0.2, 0.25) is 0 Å². The summed E-state index contributed by atoms with van der Waals surface area (Å²) in [4.78, 5) is 0. The van der Waals surface area contributed by atoms with E-state index in [9.17, 15) is 0 Å². The summed E-state index contributed by atoms with van der Waals surface area (Å²) in [6.07, 6.45) is 4.09. The van der Waals surface area contributed by atoms with E-state index in [0.29, 0.717) is 0 Å². The van der Waals surface area contributed by atoms with Crippen LogP contribution in [0.25, 0.3) is 5.52 Å². The van der Waals surface area contributed by atoms with Crippen LogP contribution in [0.15, 0.2) is 12.1 Å². The van der Waals surface area contributed by atoms with E-state index in [4.69, 9.17) is 5.73 Å². The summed E-state index contributed by atoms with van der Waals surface area (Å²) < 4.78 is 3.11. The summed E-state index contributed by atoms with van der Waals surface area (Å²) >= 11 is 0. The average Bonchev–Trinajstić information content (AvgIpc) is 2.81. The molecule has 0 unspecified atom stereocenters. The van der Waals surface area contributed by atoms with Gasteiger partial charge in [0, 0.05) is 5.69 Å². The van der Waals surface area contributed by atoms with Gasteiger partial charge in [-0.2, -0.15) is 0 Å². The average molecular weight is 302 g/mol. The van der Waals surface area contributed by atoms with Gasteiger partial charge < -0.3 is 15.5 Å². The number of hydrogen-bond donors (Lipinski definition) is 2. The predicted molar refractivity (Wildman–Crippen MR) is 92.2 cm³/mol. The van der Waals surface area contributed by atoms with Crippen molar-refractivity contribution in [2.75, 3.05) is 44.3 Å². The third kappa shape index (κ3) is 2.77. The topological polar surface area (TPSA) is 55.3 Å². The zero-order chi connectivity index (χ0) is 15.7. The molecule has 0 aromatic carbocycles. The molecule has 120 valence electrons. The first-order valence-electron chi connectivity index (χ1n) is 8.32. The number of nitrogens with one attached hydrogen (secondary N) is 1. The van der Waals surface area contributed by atoms with Crippen LogP contribution in [-0.4, -0.2) is 47.3 Å². The fourth-order valence-electron chi connectivity index (χ4n) is 3.42. The molecule has 5 heteroatoms. The van der Waals surface area contributed by atoms with Gasteiger partial charge in [-0.1, -0.05) is 6.07 Å². The second-order valence-electron chi connectivity index (χ2n) is 6.94. The molecular weight excluding hydrogens is 274 g/mol. The highest BCUT2D eigenvalue weighted by Gasteiger charge is 2.24. The van der Waals surface area contributed by atoms with Gasteiger partial charge in [-0.25, -0.2) is 4.52 Å². The third-order valence-electron chi connectivity index (χ3n) is 5.18. The van der Waals surface area contributed by atoms with Crippen LogP contribution in [0.1, 0.15) is 30.5 Å². The number of nitrogen functional groups attached to an aromatic ring is 1. The minimum absolute atomic E-state index is 0.754. The van der Waals surface area contributed by atoms with Crippen molar-refractivity contribution in [2.45, 2.75) is 33.1 Å². The minimum atomic E-state index is 0.754. The number of fused-ring (bicyclic) bond motifs is 1. The van der Waals surface area contributed by atoms with Crippen molar-refractivity contribution in [1.82, 2.24) is 9.61 Å². The molecule has 0 saturated carbocycles. The largest absolute Gasteiger partial charge is 0.394 e. The number of quaternary nitrogens is 1.